The highest BCUT2D eigenvalue weighted by Gasteiger charge is 2.35. The molecule has 0 bridgehead atoms. The molecule has 1 N–H and O–H groups in total. The first-order valence-electron chi connectivity index (χ1n) is 8.17. The van der Waals surface area contributed by atoms with Gasteiger partial charge in [-0.3, -0.25) is 0 Å². The predicted molar refractivity (Wildman–Crippen MR) is 85.5 cm³/mol. The molecule has 0 aromatic heterocycles. The molecule has 1 fully saturated rings. The molecule has 1 aromatic carbocycles. The zero-order valence-corrected chi connectivity index (χ0v) is 14.0. The second kappa shape index (κ2) is 8.58. The van der Waals surface area contributed by atoms with E-state index in [0.717, 1.165) is 18.9 Å². The van der Waals surface area contributed by atoms with Gasteiger partial charge < -0.3 is 19.5 Å². The minimum absolute atomic E-state index is 0.151. The van der Waals surface area contributed by atoms with E-state index < -0.39 is 11.7 Å². The first-order chi connectivity index (χ1) is 11.4. The molecule has 1 aliphatic heterocycles. The van der Waals surface area contributed by atoms with Crippen LogP contribution in [0.5, 0.6) is 5.75 Å². The van der Waals surface area contributed by atoms with E-state index in [-0.39, 0.29) is 18.0 Å². The fraction of sp³-hybridized carbons (Fsp3) is 0.647. The fourth-order valence-electron chi connectivity index (χ4n) is 2.48. The summed E-state index contributed by atoms with van der Waals surface area (Å²) in [6, 6.07) is 4.01. The van der Waals surface area contributed by atoms with E-state index >= 15 is 0 Å². The third-order valence-corrected chi connectivity index (χ3v) is 3.60. The van der Waals surface area contributed by atoms with E-state index in [4.69, 9.17) is 14.2 Å². The zero-order valence-electron chi connectivity index (χ0n) is 14.0. The molecule has 0 atom stereocenters. The number of alkyl halides is 3. The Morgan fingerprint density at radius 3 is 2.58 bits per heavy atom. The Labute approximate surface area is 140 Å². The number of halogens is 3. The van der Waals surface area contributed by atoms with Crippen LogP contribution in [0, 0.1) is 0 Å². The maximum absolute atomic E-state index is 13.2. The van der Waals surface area contributed by atoms with Crippen molar-refractivity contribution in [3.8, 4) is 5.75 Å². The van der Waals surface area contributed by atoms with Gasteiger partial charge in [0.2, 0.25) is 0 Å². The monoisotopic (exact) mass is 347 g/mol. The Morgan fingerprint density at radius 1 is 1.25 bits per heavy atom. The highest BCUT2D eigenvalue weighted by atomic mass is 19.4. The quantitative estimate of drug-likeness (QED) is 0.754. The lowest BCUT2D eigenvalue weighted by atomic mass is 10.1. The summed E-state index contributed by atoms with van der Waals surface area (Å²) < 4.78 is 55.7. The molecule has 0 unspecified atom stereocenters. The minimum Gasteiger partial charge on any atom is -0.490 e. The van der Waals surface area contributed by atoms with Crippen LogP contribution in [0.3, 0.4) is 0 Å². The average molecular weight is 347 g/mol. The summed E-state index contributed by atoms with van der Waals surface area (Å²) in [5, 5.41) is 2.97. The van der Waals surface area contributed by atoms with Gasteiger partial charge in [0, 0.05) is 25.4 Å². The molecule has 0 amide bonds. The molecule has 1 heterocycles. The van der Waals surface area contributed by atoms with Crippen molar-refractivity contribution in [2.45, 2.75) is 45.1 Å². The van der Waals surface area contributed by atoms with Crippen molar-refractivity contribution in [1.82, 2.24) is 0 Å². The summed E-state index contributed by atoms with van der Waals surface area (Å²) in [7, 11) is 0. The van der Waals surface area contributed by atoms with Crippen LogP contribution in [-0.2, 0) is 15.7 Å². The van der Waals surface area contributed by atoms with E-state index in [1.807, 2.05) is 0 Å². The fourth-order valence-corrected chi connectivity index (χ4v) is 2.48. The van der Waals surface area contributed by atoms with E-state index in [1.165, 1.54) is 6.07 Å². The van der Waals surface area contributed by atoms with E-state index in [9.17, 15) is 13.2 Å². The SMILES string of the molecule is CC(C)Oc1ccc(NCCOC2CCOCC2)cc1C(F)(F)F. The molecular formula is C17H24F3NO3. The van der Waals surface area contributed by atoms with Crippen molar-refractivity contribution >= 4 is 5.69 Å². The maximum Gasteiger partial charge on any atom is 0.420 e. The van der Waals surface area contributed by atoms with Gasteiger partial charge >= 0.3 is 6.18 Å². The Kier molecular flexibility index (Phi) is 6.74. The number of ether oxygens (including phenoxy) is 3. The average Bonchev–Trinajstić information content (AvgIpc) is 2.52. The molecule has 0 spiro atoms. The van der Waals surface area contributed by atoms with Gasteiger partial charge in [0.1, 0.15) is 5.75 Å². The van der Waals surface area contributed by atoms with Gasteiger partial charge in [-0.15, -0.1) is 0 Å². The lowest BCUT2D eigenvalue weighted by Crippen LogP contribution is -2.25. The number of nitrogens with one attached hydrogen (secondary N) is 1. The molecular weight excluding hydrogens is 323 g/mol. The Balaban J connectivity index is 1.90. The van der Waals surface area contributed by atoms with Crippen LogP contribution in [0.2, 0.25) is 0 Å². The number of hydrogen-bond donors (Lipinski definition) is 1. The zero-order chi connectivity index (χ0) is 17.6. The van der Waals surface area contributed by atoms with Crippen molar-refractivity contribution in [1.29, 1.82) is 0 Å². The normalized spacial score (nSPS) is 16.4. The van der Waals surface area contributed by atoms with Crippen molar-refractivity contribution in [3.63, 3.8) is 0 Å². The minimum atomic E-state index is -4.46. The summed E-state index contributed by atoms with van der Waals surface area (Å²) in [6.07, 6.45) is -2.88. The van der Waals surface area contributed by atoms with Crippen molar-refractivity contribution < 1.29 is 27.4 Å². The summed E-state index contributed by atoms with van der Waals surface area (Å²) in [4.78, 5) is 0. The molecule has 4 nitrogen and oxygen atoms in total. The number of benzene rings is 1. The lowest BCUT2D eigenvalue weighted by molar-refractivity contribution is -0.139. The van der Waals surface area contributed by atoms with Crippen LogP contribution in [0.15, 0.2) is 18.2 Å². The first-order valence-corrected chi connectivity index (χ1v) is 8.17. The Bertz CT molecular complexity index is 514. The third kappa shape index (κ3) is 5.87. The smallest absolute Gasteiger partial charge is 0.420 e. The second-order valence-corrected chi connectivity index (χ2v) is 5.98. The van der Waals surface area contributed by atoms with Crippen LogP contribution >= 0.6 is 0 Å². The summed E-state index contributed by atoms with van der Waals surface area (Å²) in [5.74, 6) is -0.151. The molecule has 1 saturated heterocycles. The predicted octanol–water partition coefficient (Wildman–Crippen LogP) is 4.10. The maximum atomic E-state index is 13.2. The number of rotatable bonds is 7. The number of anilines is 1. The molecule has 0 saturated carbocycles. The van der Waals surface area contributed by atoms with Crippen LogP contribution in [0.1, 0.15) is 32.3 Å². The molecule has 0 aliphatic carbocycles. The lowest BCUT2D eigenvalue weighted by Gasteiger charge is -2.22. The van der Waals surface area contributed by atoms with Crippen molar-refractivity contribution in [2.75, 3.05) is 31.7 Å². The van der Waals surface area contributed by atoms with Gasteiger partial charge in [-0.1, -0.05) is 0 Å². The van der Waals surface area contributed by atoms with Gasteiger partial charge in [0.15, 0.2) is 0 Å². The highest BCUT2D eigenvalue weighted by Crippen LogP contribution is 2.38. The molecule has 0 radical (unpaired) electrons. The highest BCUT2D eigenvalue weighted by molar-refractivity contribution is 5.52. The summed E-state index contributed by atoms with van der Waals surface area (Å²) in [6.45, 7) is 5.67. The summed E-state index contributed by atoms with van der Waals surface area (Å²) >= 11 is 0. The van der Waals surface area contributed by atoms with Crippen LogP contribution in [0.25, 0.3) is 0 Å². The van der Waals surface area contributed by atoms with Gasteiger partial charge in [-0.05, 0) is 44.9 Å². The van der Waals surface area contributed by atoms with Crippen LogP contribution < -0.4 is 10.1 Å². The largest absolute Gasteiger partial charge is 0.490 e. The van der Waals surface area contributed by atoms with Gasteiger partial charge in [0.25, 0.3) is 0 Å². The van der Waals surface area contributed by atoms with Gasteiger partial charge in [0.05, 0.1) is 24.4 Å². The standard InChI is InChI=1S/C17H24F3NO3/c1-12(2)24-16-4-3-13(11-15(16)17(18,19)20)21-7-10-23-14-5-8-22-9-6-14/h3-4,11-12,14,21H,5-10H2,1-2H3. The second-order valence-electron chi connectivity index (χ2n) is 5.98. The van der Waals surface area contributed by atoms with Crippen LogP contribution in [-0.4, -0.2) is 38.6 Å². The van der Waals surface area contributed by atoms with E-state index in [0.29, 0.717) is 32.1 Å². The Morgan fingerprint density at radius 2 is 1.96 bits per heavy atom. The topological polar surface area (TPSA) is 39.7 Å². The van der Waals surface area contributed by atoms with E-state index in [2.05, 4.69) is 5.32 Å². The summed E-state index contributed by atoms with van der Waals surface area (Å²) in [5.41, 5.74) is -0.374. The van der Waals surface area contributed by atoms with Gasteiger partial charge in [-0.2, -0.15) is 13.2 Å². The molecule has 24 heavy (non-hydrogen) atoms. The van der Waals surface area contributed by atoms with Crippen molar-refractivity contribution in [2.24, 2.45) is 0 Å². The van der Waals surface area contributed by atoms with Crippen molar-refractivity contribution in [3.05, 3.63) is 23.8 Å². The number of hydrogen-bond acceptors (Lipinski definition) is 4. The first kappa shape index (κ1) is 18.9. The molecule has 1 aromatic rings. The van der Waals surface area contributed by atoms with E-state index in [1.54, 1.807) is 19.9 Å². The Hall–Kier alpha value is -1.47. The van der Waals surface area contributed by atoms with Crippen LogP contribution in [0.4, 0.5) is 18.9 Å². The third-order valence-electron chi connectivity index (χ3n) is 3.60. The molecule has 7 heteroatoms. The van der Waals surface area contributed by atoms with Gasteiger partial charge in [-0.25, -0.2) is 0 Å². The molecule has 136 valence electrons. The molecule has 2 rings (SSSR count). The molecule has 1 aliphatic rings.